The molecule has 2 N–H and O–H groups in total. The van der Waals surface area contributed by atoms with E-state index < -0.39 is 5.60 Å². The molecule has 132 valence electrons. The Morgan fingerprint density at radius 1 is 1.32 bits per heavy atom. The number of aryl methyl sites for hydroxylation is 2. The van der Waals surface area contributed by atoms with E-state index in [9.17, 15) is 9.90 Å². The third kappa shape index (κ3) is 4.14. The van der Waals surface area contributed by atoms with Crippen molar-refractivity contribution in [1.29, 1.82) is 0 Å². The molecule has 0 radical (unpaired) electrons. The molecular weight excluding hydrogens is 316 g/mol. The first-order valence-electron chi connectivity index (χ1n) is 8.57. The molecule has 6 heteroatoms. The van der Waals surface area contributed by atoms with Crippen molar-refractivity contribution in [2.45, 2.75) is 32.3 Å². The Morgan fingerprint density at radius 2 is 2.12 bits per heavy atom. The van der Waals surface area contributed by atoms with E-state index in [4.69, 9.17) is 0 Å². The normalized spacial score (nSPS) is 20.4. The van der Waals surface area contributed by atoms with Crippen LogP contribution in [-0.2, 0) is 0 Å². The first-order chi connectivity index (χ1) is 12.0. The van der Waals surface area contributed by atoms with Gasteiger partial charge in [-0.05, 0) is 38.3 Å². The second-order valence-corrected chi connectivity index (χ2v) is 6.76. The second-order valence-electron chi connectivity index (χ2n) is 6.76. The minimum Gasteiger partial charge on any atom is -0.386 e. The second kappa shape index (κ2) is 7.19. The zero-order valence-corrected chi connectivity index (χ0v) is 14.7. The molecule has 0 aliphatic carbocycles. The van der Waals surface area contributed by atoms with Crippen LogP contribution in [0.15, 0.2) is 36.7 Å². The van der Waals surface area contributed by atoms with Gasteiger partial charge in [0.2, 0.25) is 0 Å². The lowest BCUT2D eigenvalue weighted by atomic mass is 9.92. The van der Waals surface area contributed by atoms with Crippen LogP contribution in [0.5, 0.6) is 0 Å². The van der Waals surface area contributed by atoms with Crippen molar-refractivity contribution in [2.24, 2.45) is 0 Å². The van der Waals surface area contributed by atoms with Gasteiger partial charge in [0.05, 0.1) is 5.60 Å². The largest absolute Gasteiger partial charge is 0.386 e. The van der Waals surface area contributed by atoms with Crippen molar-refractivity contribution < 1.29 is 9.90 Å². The van der Waals surface area contributed by atoms with E-state index in [1.165, 1.54) is 6.33 Å². The summed E-state index contributed by atoms with van der Waals surface area (Å²) >= 11 is 0. The molecule has 2 heterocycles. The molecule has 25 heavy (non-hydrogen) atoms. The van der Waals surface area contributed by atoms with E-state index in [1.807, 2.05) is 38.1 Å². The SMILES string of the molecule is Cc1cc(N2CCC[C@](O)(CNC(=O)c3ccccc3C)C2)ncn1. The van der Waals surface area contributed by atoms with Gasteiger partial charge in [-0.1, -0.05) is 18.2 Å². The lowest BCUT2D eigenvalue weighted by Crippen LogP contribution is -2.54. The summed E-state index contributed by atoms with van der Waals surface area (Å²) in [7, 11) is 0. The minimum atomic E-state index is -0.963. The summed E-state index contributed by atoms with van der Waals surface area (Å²) in [6.45, 7) is 5.33. The van der Waals surface area contributed by atoms with Crippen LogP contribution in [0.25, 0.3) is 0 Å². The Morgan fingerprint density at radius 3 is 2.88 bits per heavy atom. The first kappa shape index (κ1) is 17.4. The monoisotopic (exact) mass is 340 g/mol. The highest BCUT2D eigenvalue weighted by atomic mass is 16.3. The van der Waals surface area contributed by atoms with E-state index in [2.05, 4.69) is 20.2 Å². The quantitative estimate of drug-likeness (QED) is 0.888. The molecule has 6 nitrogen and oxygen atoms in total. The molecule has 1 aliphatic rings. The van der Waals surface area contributed by atoms with E-state index in [1.54, 1.807) is 6.07 Å². The van der Waals surface area contributed by atoms with Crippen LogP contribution in [0.1, 0.15) is 34.5 Å². The number of carbonyl (C=O) groups excluding carboxylic acids is 1. The van der Waals surface area contributed by atoms with Crippen LogP contribution in [0, 0.1) is 13.8 Å². The van der Waals surface area contributed by atoms with Gasteiger partial charge in [0.25, 0.3) is 5.91 Å². The maximum atomic E-state index is 12.4. The van der Waals surface area contributed by atoms with E-state index >= 15 is 0 Å². The van der Waals surface area contributed by atoms with Crippen LogP contribution in [0.3, 0.4) is 0 Å². The summed E-state index contributed by atoms with van der Waals surface area (Å²) in [4.78, 5) is 22.9. The Balaban J connectivity index is 1.65. The van der Waals surface area contributed by atoms with Gasteiger partial charge < -0.3 is 15.3 Å². The molecule has 1 aromatic carbocycles. The number of piperidine rings is 1. The molecule has 1 fully saturated rings. The zero-order valence-electron chi connectivity index (χ0n) is 14.7. The average Bonchev–Trinajstić information content (AvgIpc) is 2.60. The average molecular weight is 340 g/mol. The van der Waals surface area contributed by atoms with Gasteiger partial charge in [0, 0.05) is 37.0 Å². The van der Waals surface area contributed by atoms with Gasteiger partial charge in [-0.3, -0.25) is 4.79 Å². The van der Waals surface area contributed by atoms with Gasteiger partial charge in [-0.2, -0.15) is 0 Å². The van der Waals surface area contributed by atoms with E-state index in [-0.39, 0.29) is 12.5 Å². The van der Waals surface area contributed by atoms with Crippen LogP contribution < -0.4 is 10.2 Å². The number of β-amino-alcohol motifs (C(OH)–C–C–N with tert-alkyl or cyclic N) is 1. The zero-order chi connectivity index (χ0) is 17.9. The number of amides is 1. The Bertz CT molecular complexity index is 765. The van der Waals surface area contributed by atoms with Gasteiger partial charge in [-0.15, -0.1) is 0 Å². The fraction of sp³-hybridized carbons (Fsp3) is 0.421. The number of nitrogens with one attached hydrogen (secondary N) is 1. The molecule has 1 aliphatic heterocycles. The van der Waals surface area contributed by atoms with Crippen molar-refractivity contribution in [2.75, 3.05) is 24.5 Å². The number of aromatic nitrogens is 2. The third-order valence-corrected chi connectivity index (χ3v) is 4.64. The minimum absolute atomic E-state index is 0.151. The maximum Gasteiger partial charge on any atom is 0.251 e. The molecule has 1 amide bonds. The van der Waals surface area contributed by atoms with Gasteiger partial charge in [0.15, 0.2) is 0 Å². The molecule has 0 spiro atoms. The predicted molar refractivity (Wildman–Crippen MR) is 96.7 cm³/mol. The topological polar surface area (TPSA) is 78.4 Å². The predicted octanol–water partition coefficient (Wildman–Crippen LogP) is 1.85. The van der Waals surface area contributed by atoms with Crippen molar-refractivity contribution >= 4 is 11.7 Å². The summed E-state index contributed by atoms with van der Waals surface area (Å²) in [5.41, 5.74) is 1.50. The fourth-order valence-corrected chi connectivity index (χ4v) is 3.23. The van der Waals surface area contributed by atoms with Crippen LogP contribution >= 0.6 is 0 Å². The Hall–Kier alpha value is -2.47. The number of nitrogens with zero attached hydrogens (tertiary/aromatic N) is 3. The number of rotatable bonds is 4. The van der Waals surface area contributed by atoms with Gasteiger partial charge in [0.1, 0.15) is 12.1 Å². The molecule has 2 aromatic rings. The number of aliphatic hydroxyl groups is 1. The maximum absolute atomic E-state index is 12.4. The summed E-state index contributed by atoms with van der Waals surface area (Å²) < 4.78 is 0. The van der Waals surface area contributed by atoms with E-state index in [0.717, 1.165) is 30.0 Å². The molecule has 0 unspecified atom stereocenters. The Kier molecular flexibility index (Phi) is 4.99. The molecule has 3 rings (SSSR count). The third-order valence-electron chi connectivity index (χ3n) is 4.64. The van der Waals surface area contributed by atoms with Crippen LogP contribution in [-0.4, -0.2) is 46.2 Å². The van der Waals surface area contributed by atoms with Crippen LogP contribution in [0.4, 0.5) is 5.82 Å². The number of hydrogen-bond donors (Lipinski definition) is 2. The lowest BCUT2D eigenvalue weighted by molar-refractivity contribution is 0.0254. The summed E-state index contributed by atoms with van der Waals surface area (Å²) in [5.74, 6) is 0.664. The van der Waals surface area contributed by atoms with Crippen molar-refractivity contribution in [3.8, 4) is 0 Å². The number of anilines is 1. The highest BCUT2D eigenvalue weighted by Crippen LogP contribution is 2.24. The molecule has 1 aromatic heterocycles. The fourth-order valence-electron chi connectivity index (χ4n) is 3.23. The van der Waals surface area contributed by atoms with Crippen molar-refractivity contribution in [1.82, 2.24) is 15.3 Å². The summed E-state index contributed by atoms with van der Waals surface area (Å²) in [6, 6.07) is 9.37. The number of hydrogen-bond acceptors (Lipinski definition) is 5. The van der Waals surface area contributed by atoms with Crippen LogP contribution in [0.2, 0.25) is 0 Å². The number of benzene rings is 1. The first-order valence-corrected chi connectivity index (χ1v) is 8.57. The Labute approximate surface area is 147 Å². The highest BCUT2D eigenvalue weighted by Gasteiger charge is 2.34. The van der Waals surface area contributed by atoms with Crippen molar-refractivity contribution in [3.05, 3.63) is 53.5 Å². The van der Waals surface area contributed by atoms with Crippen molar-refractivity contribution in [3.63, 3.8) is 0 Å². The molecule has 1 saturated heterocycles. The van der Waals surface area contributed by atoms with E-state index in [0.29, 0.717) is 18.5 Å². The molecule has 0 saturated carbocycles. The molecular formula is C19H24N4O2. The van der Waals surface area contributed by atoms with Gasteiger partial charge >= 0.3 is 0 Å². The molecule has 1 atom stereocenters. The number of carbonyl (C=O) groups is 1. The summed E-state index contributed by atoms with van der Waals surface area (Å²) in [6.07, 6.45) is 3.04. The molecule has 0 bridgehead atoms. The van der Waals surface area contributed by atoms with Gasteiger partial charge in [-0.25, -0.2) is 9.97 Å². The standard InChI is InChI=1S/C19H24N4O2/c1-14-6-3-4-7-16(14)18(24)20-11-19(25)8-5-9-23(12-19)17-10-15(2)21-13-22-17/h3-4,6-7,10,13,25H,5,8-9,11-12H2,1-2H3,(H,20,24)/t19-/m0/s1. The summed E-state index contributed by atoms with van der Waals surface area (Å²) in [5, 5.41) is 13.8. The smallest absolute Gasteiger partial charge is 0.251 e. The lowest BCUT2D eigenvalue weighted by Gasteiger charge is -2.39. The highest BCUT2D eigenvalue weighted by molar-refractivity contribution is 5.95.